The highest BCUT2D eigenvalue weighted by Crippen LogP contribution is 2.15. The zero-order chi connectivity index (χ0) is 14.4. The maximum Gasteiger partial charge on any atom is 0.242 e. The Morgan fingerprint density at radius 3 is 2.80 bits per heavy atom. The van der Waals surface area contributed by atoms with E-state index in [0.717, 1.165) is 11.4 Å². The van der Waals surface area contributed by atoms with Gasteiger partial charge in [-0.05, 0) is 31.2 Å². The fraction of sp³-hybridized carbons (Fsp3) is 0.429. The molecule has 1 aliphatic heterocycles. The Morgan fingerprint density at radius 1 is 1.40 bits per heavy atom. The van der Waals surface area contributed by atoms with E-state index in [1.807, 2.05) is 31.2 Å². The van der Waals surface area contributed by atoms with Crippen molar-refractivity contribution in [2.45, 2.75) is 6.92 Å². The summed E-state index contributed by atoms with van der Waals surface area (Å²) in [7, 11) is 0. The molecule has 108 valence electrons. The normalized spacial score (nSPS) is 14.7. The van der Waals surface area contributed by atoms with Crippen molar-refractivity contribution in [2.75, 3.05) is 38.1 Å². The zero-order valence-electron chi connectivity index (χ0n) is 11.5. The quantitative estimate of drug-likeness (QED) is 0.820. The molecule has 1 fully saturated rings. The predicted octanol–water partition coefficient (Wildman–Crippen LogP) is 0.456. The molecule has 1 saturated heterocycles. The summed E-state index contributed by atoms with van der Waals surface area (Å²) in [6.07, 6.45) is 0. The molecule has 0 atom stereocenters. The van der Waals surface area contributed by atoms with Gasteiger partial charge in [0.15, 0.2) is 0 Å². The number of anilines is 1. The van der Waals surface area contributed by atoms with E-state index in [9.17, 15) is 9.59 Å². The lowest BCUT2D eigenvalue weighted by atomic mass is 10.3. The van der Waals surface area contributed by atoms with Crippen LogP contribution in [0.15, 0.2) is 24.3 Å². The number of ether oxygens (including phenoxy) is 1. The van der Waals surface area contributed by atoms with Gasteiger partial charge in [0.05, 0.1) is 19.7 Å². The molecule has 0 unspecified atom stereocenters. The van der Waals surface area contributed by atoms with E-state index in [0.29, 0.717) is 19.7 Å². The molecule has 2 amide bonds. The number of hydrogen-bond acceptors (Lipinski definition) is 4. The van der Waals surface area contributed by atoms with E-state index >= 15 is 0 Å². The van der Waals surface area contributed by atoms with Crippen molar-refractivity contribution in [2.24, 2.45) is 0 Å². The molecule has 2 N–H and O–H groups in total. The van der Waals surface area contributed by atoms with Crippen molar-refractivity contribution < 1.29 is 14.3 Å². The average Bonchev–Trinajstić information content (AvgIpc) is 2.46. The third-order valence-electron chi connectivity index (χ3n) is 3.00. The van der Waals surface area contributed by atoms with Crippen molar-refractivity contribution >= 4 is 17.5 Å². The number of nitrogens with one attached hydrogen (secondary N) is 2. The molecule has 0 aliphatic carbocycles. The fourth-order valence-electron chi connectivity index (χ4n) is 1.98. The molecule has 1 heterocycles. The average molecular weight is 277 g/mol. The van der Waals surface area contributed by atoms with Crippen LogP contribution >= 0.6 is 0 Å². The molecular weight excluding hydrogens is 258 g/mol. The maximum absolute atomic E-state index is 11.9. The van der Waals surface area contributed by atoms with Gasteiger partial charge in [0.1, 0.15) is 5.75 Å². The fourth-order valence-corrected chi connectivity index (χ4v) is 1.98. The molecule has 0 aromatic heterocycles. The minimum atomic E-state index is -0.106. The van der Waals surface area contributed by atoms with E-state index in [1.54, 1.807) is 4.90 Å². The van der Waals surface area contributed by atoms with Crippen LogP contribution in [-0.2, 0) is 9.59 Å². The van der Waals surface area contributed by atoms with Gasteiger partial charge in [-0.2, -0.15) is 0 Å². The number of hydrogen-bond donors (Lipinski definition) is 2. The van der Waals surface area contributed by atoms with Crippen molar-refractivity contribution in [1.82, 2.24) is 10.2 Å². The first kappa shape index (κ1) is 14.2. The van der Waals surface area contributed by atoms with E-state index < -0.39 is 0 Å². The summed E-state index contributed by atoms with van der Waals surface area (Å²) >= 11 is 0. The third kappa shape index (κ3) is 3.88. The first-order valence-electron chi connectivity index (χ1n) is 6.70. The highest BCUT2D eigenvalue weighted by Gasteiger charge is 2.20. The van der Waals surface area contributed by atoms with E-state index in [-0.39, 0.29) is 24.9 Å². The van der Waals surface area contributed by atoms with Crippen LogP contribution in [0.5, 0.6) is 5.75 Å². The van der Waals surface area contributed by atoms with Gasteiger partial charge in [-0.15, -0.1) is 0 Å². The lowest BCUT2D eigenvalue weighted by molar-refractivity contribution is -0.136. The predicted molar refractivity (Wildman–Crippen MR) is 75.7 cm³/mol. The van der Waals surface area contributed by atoms with Crippen LogP contribution in [0.2, 0.25) is 0 Å². The van der Waals surface area contributed by atoms with E-state index in [4.69, 9.17) is 4.74 Å². The number of carbonyl (C=O) groups is 2. The van der Waals surface area contributed by atoms with Gasteiger partial charge in [0.2, 0.25) is 11.8 Å². The monoisotopic (exact) mass is 277 g/mol. The molecule has 2 rings (SSSR count). The molecule has 6 heteroatoms. The summed E-state index contributed by atoms with van der Waals surface area (Å²) in [6.45, 7) is 3.97. The van der Waals surface area contributed by atoms with Crippen molar-refractivity contribution in [3.8, 4) is 5.75 Å². The largest absolute Gasteiger partial charge is 0.494 e. The van der Waals surface area contributed by atoms with Crippen LogP contribution in [0, 0.1) is 0 Å². The highest BCUT2D eigenvalue weighted by molar-refractivity contribution is 5.87. The minimum absolute atomic E-state index is 0.0752. The Hall–Kier alpha value is -2.24. The second-order valence-corrected chi connectivity index (χ2v) is 4.48. The number of piperazine rings is 1. The van der Waals surface area contributed by atoms with Crippen LogP contribution in [0.3, 0.4) is 0 Å². The summed E-state index contributed by atoms with van der Waals surface area (Å²) in [5, 5.41) is 5.74. The third-order valence-corrected chi connectivity index (χ3v) is 3.00. The SMILES string of the molecule is CCOc1ccc(NCC(=O)N2CCNC(=O)C2)cc1. The van der Waals surface area contributed by atoms with Gasteiger partial charge in [0.25, 0.3) is 0 Å². The van der Waals surface area contributed by atoms with Gasteiger partial charge in [-0.3, -0.25) is 9.59 Å². The van der Waals surface area contributed by atoms with Gasteiger partial charge >= 0.3 is 0 Å². The molecular formula is C14H19N3O3. The molecule has 20 heavy (non-hydrogen) atoms. The molecule has 0 bridgehead atoms. The molecule has 1 aromatic rings. The first-order valence-corrected chi connectivity index (χ1v) is 6.70. The van der Waals surface area contributed by atoms with Crippen LogP contribution in [0.1, 0.15) is 6.92 Å². The molecule has 0 saturated carbocycles. The number of amides is 2. The Bertz CT molecular complexity index is 473. The molecule has 0 spiro atoms. The number of carbonyl (C=O) groups excluding carboxylic acids is 2. The van der Waals surface area contributed by atoms with Crippen LogP contribution in [-0.4, -0.2) is 49.5 Å². The summed E-state index contributed by atoms with van der Waals surface area (Å²) in [5.41, 5.74) is 0.850. The smallest absolute Gasteiger partial charge is 0.242 e. The second kappa shape index (κ2) is 6.79. The zero-order valence-corrected chi connectivity index (χ0v) is 11.5. The van der Waals surface area contributed by atoms with Crippen molar-refractivity contribution in [1.29, 1.82) is 0 Å². The summed E-state index contributed by atoms with van der Waals surface area (Å²) in [6, 6.07) is 7.43. The number of rotatable bonds is 5. The Morgan fingerprint density at radius 2 is 2.15 bits per heavy atom. The topological polar surface area (TPSA) is 70.7 Å². The van der Waals surface area contributed by atoms with E-state index in [1.165, 1.54) is 0 Å². The summed E-state index contributed by atoms with van der Waals surface area (Å²) in [5.74, 6) is 0.622. The lowest BCUT2D eigenvalue weighted by Crippen LogP contribution is -2.51. The number of benzene rings is 1. The standard InChI is InChI=1S/C14H19N3O3/c1-2-20-12-5-3-11(4-6-12)16-9-14(19)17-8-7-15-13(18)10-17/h3-6,16H,2,7-10H2,1H3,(H,15,18). The number of nitrogens with zero attached hydrogens (tertiary/aromatic N) is 1. The van der Waals surface area contributed by atoms with Crippen LogP contribution in [0.4, 0.5) is 5.69 Å². The minimum Gasteiger partial charge on any atom is -0.494 e. The molecule has 6 nitrogen and oxygen atoms in total. The van der Waals surface area contributed by atoms with Gasteiger partial charge in [-0.25, -0.2) is 0 Å². The first-order chi connectivity index (χ1) is 9.69. The molecule has 1 aromatic carbocycles. The van der Waals surface area contributed by atoms with Gasteiger partial charge in [-0.1, -0.05) is 0 Å². The Labute approximate surface area is 118 Å². The van der Waals surface area contributed by atoms with Crippen LogP contribution in [0.25, 0.3) is 0 Å². The molecule has 0 radical (unpaired) electrons. The lowest BCUT2D eigenvalue weighted by Gasteiger charge is -2.26. The van der Waals surface area contributed by atoms with E-state index in [2.05, 4.69) is 10.6 Å². The van der Waals surface area contributed by atoms with Gasteiger partial charge in [0, 0.05) is 18.8 Å². The van der Waals surface area contributed by atoms with Gasteiger partial charge < -0.3 is 20.3 Å². The Kier molecular flexibility index (Phi) is 4.81. The van der Waals surface area contributed by atoms with Crippen LogP contribution < -0.4 is 15.4 Å². The second-order valence-electron chi connectivity index (χ2n) is 4.48. The molecule has 1 aliphatic rings. The summed E-state index contributed by atoms with van der Waals surface area (Å²) in [4.78, 5) is 24.7. The Balaban J connectivity index is 1.82. The van der Waals surface area contributed by atoms with Crippen molar-refractivity contribution in [3.05, 3.63) is 24.3 Å². The summed E-state index contributed by atoms with van der Waals surface area (Å²) < 4.78 is 5.35. The maximum atomic E-state index is 11.9. The highest BCUT2D eigenvalue weighted by atomic mass is 16.5. The van der Waals surface area contributed by atoms with Crippen molar-refractivity contribution in [3.63, 3.8) is 0 Å².